The molecule has 0 radical (unpaired) electrons. The largest absolute Gasteiger partial charge is 0.386 e. The number of hydrogen-bond donors (Lipinski definition) is 1. The molecule has 2 heterocycles. The topological polar surface area (TPSA) is 76.7 Å². The summed E-state index contributed by atoms with van der Waals surface area (Å²) in [5.41, 5.74) is 2.71. The first-order chi connectivity index (χ1) is 10.2. The Hall–Kier alpha value is -2.60. The van der Waals surface area contributed by atoms with Crippen LogP contribution in [0.4, 0.5) is 0 Å². The van der Waals surface area contributed by atoms with Gasteiger partial charge in [0.15, 0.2) is 0 Å². The number of aromatic nitrogens is 5. The number of tetrazole rings is 1. The third-order valence-electron chi connectivity index (χ3n) is 3.26. The fourth-order valence-corrected chi connectivity index (χ4v) is 2.14. The molecule has 0 bridgehead atoms. The fraction of sp³-hybridized carbons (Fsp3) is 0.200. The van der Waals surface area contributed by atoms with Crippen LogP contribution in [0.3, 0.4) is 0 Å². The third-order valence-corrected chi connectivity index (χ3v) is 3.26. The van der Waals surface area contributed by atoms with Crippen LogP contribution in [0.25, 0.3) is 11.4 Å². The molecule has 6 heteroatoms. The van der Waals surface area contributed by atoms with E-state index in [2.05, 4.69) is 20.4 Å². The van der Waals surface area contributed by atoms with Gasteiger partial charge in [0.05, 0.1) is 6.54 Å². The van der Waals surface area contributed by atoms with E-state index >= 15 is 0 Å². The maximum Gasteiger partial charge on any atom is 0.206 e. The molecule has 6 nitrogen and oxygen atoms in total. The molecule has 1 atom stereocenters. The standard InChI is InChI=1S/C15H15N5O/c1-11-5-2-3-7-13(11)14(21)10-20-18-15(17-19-20)12-6-4-8-16-9-12/h2-9,14,21H,10H2,1H3/t14-/m1/s1. The SMILES string of the molecule is Cc1ccccc1[C@H](O)Cn1nnc(-c2cccnc2)n1. The van der Waals surface area contributed by atoms with Gasteiger partial charge in [0.2, 0.25) is 5.82 Å². The van der Waals surface area contributed by atoms with Crippen LogP contribution in [0, 0.1) is 6.92 Å². The first kappa shape index (κ1) is 13.4. The van der Waals surface area contributed by atoms with Crippen molar-refractivity contribution in [3.63, 3.8) is 0 Å². The van der Waals surface area contributed by atoms with Crippen LogP contribution >= 0.6 is 0 Å². The maximum absolute atomic E-state index is 10.3. The Bertz CT molecular complexity index is 726. The first-order valence-electron chi connectivity index (χ1n) is 6.66. The molecule has 21 heavy (non-hydrogen) atoms. The monoisotopic (exact) mass is 281 g/mol. The lowest BCUT2D eigenvalue weighted by atomic mass is 10.0. The van der Waals surface area contributed by atoms with Crippen molar-refractivity contribution in [3.8, 4) is 11.4 Å². The highest BCUT2D eigenvalue weighted by molar-refractivity contribution is 5.51. The van der Waals surface area contributed by atoms with Crippen molar-refractivity contribution in [1.29, 1.82) is 0 Å². The summed E-state index contributed by atoms with van der Waals surface area (Å²) in [6.07, 6.45) is 2.71. The zero-order valence-electron chi connectivity index (χ0n) is 11.6. The highest BCUT2D eigenvalue weighted by Gasteiger charge is 2.13. The summed E-state index contributed by atoms with van der Waals surface area (Å²) < 4.78 is 0. The number of aliphatic hydroxyl groups excluding tert-OH is 1. The number of pyridine rings is 1. The summed E-state index contributed by atoms with van der Waals surface area (Å²) >= 11 is 0. The molecule has 0 spiro atoms. The van der Waals surface area contributed by atoms with Gasteiger partial charge in [0.25, 0.3) is 0 Å². The van der Waals surface area contributed by atoms with E-state index in [1.807, 2.05) is 43.3 Å². The lowest BCUT2D eigenvalue weighted by Gasteiger charge is -2.12. The van der Waals surface area contributed by atoms with Gasteiger partial charge in [-0.2, -0.15) is 4.80 Å². The third kappa shape index (κ3) is 2.95. The van der Waals surface area contributed by atoms with E-state index in [1.165, 1.54) is 4.80 Å². The van der Waals surface area contributed by atoms with Crippen LogP contribution in [0.15, 0.2) is 48.8 Å². The number of nitrogens with zero attached hydrogens (tertiary/aromatic N) is 5. The average Bonchev–Trinajstić information content (AvgIpc) is 2.97. The van der Waals surface area contributed by atoms with Crippen molar-refractivity contribution in [2.24, 2.45) is 0 Å². The van der Waals surface area contributed by atoms with Crippen molar-refractivity contribution in [2.75, 3.05) is 0 Å². The summed E-state index contributed by atoms with van der Waals surface area (Å²) in [5.74, 6) is 0.500. The molecule has 0 amide bonds. The molecular weight excluding hydrogens is 266 g/mol. The van der Waals surface area contributed by atoms with Crippen LogP contribution < -0.4 is 0 Å². The molecular formula is C15H15N5O. The minimum absolute atomic E-state index is 0.262. The molecule has 1 N–H and O–H groups in total. The number of rotatable bonds is 4. The van der Waals surface area contributed by atoms with Crippen molar-refractivity contribution in [3.05, 3.63) is 59.9 Å². The van der Waals surface area contributed by atoms with Crippen molar-refractivity contribution >= 4 is 0 Å². The summed E-state index contributed by atoms with van der Waals surface area (Å²) in [6.45, 7) is 2.23. The maximum atomic E-state index is 10.3. The predicted octanol–water partition coefficient (Wildman–Crippen LogP) is 1.78. The zero-order chi connectivity index (χ0) is 14.7. The normalized spacial score (nSPS) is 12.3. The predicted molar refractivity (Wildman–Crippen MR) is 77.2 cm³/mol. The molecule has 0 aliphatic heterocycles. The van der Waals surface area contributed by atoms with Gasteiger partial charge in [-0.3, -0.25) is 4.98 Å². The van der Waals surface area contributed by atoms with E-state index in [9.17, 15) is 5.11 Å². The highest BCUT2D eigenvalue weighted by atomic mass is 16.3. The highest BCUT2D eigenvalue weighted by Crippen LogP contribution is 2.18. The molecule has 3 aromatic rings. The van der Waals surface area contributed by atoms with Crippen LogP contribution in [0.2, 0.25) is 0 Å². The quantitative estimate of drug-likeness (QED) is 0.788. The lowest BCUT2D eigenvalue weighted by molar-refractivity contribution is 0.144. The minimum atomic E-state index is -0.665. The second kappa shape index (κ2) is 5.80. The molecule has 0 saturated carbocycles. The number of aryl methyl sites for hydroxylation is 1. The molecule has 0 aliphatic rings. The smallest absolute Gasteiger partial charge is 0.206 e. The Labute approximate surface area is 122 Å². The van der Waals surface area contributed by atoms with Gasteiger partial charge in [-0.05, 0) is 35.4 Å². The molecule has 2 aromatic heterocycles. The van der Waals surface area contributed by atoms with Crippen molar-refractivity contribution < 1.29 is 5.11 Å². The Morgan fingerprint density at radius 2 is 2.05 bits per heavy atom. The van der Waals surface area contributed by atoms with E-state index in [0.29, 0.717) is 5.82 Å². The van der Waals surface area contributed by atoms with E-state index in [4.69, 9.17) is 0 Å². The van der Waals surface area contributed by atoms with E-state index in [-0.39, 0.29) is 6.54 Å². The van der Waals surface area contributed by atoms with E-state index in [1.54, 1.807) is 12.4 Å². The van der Waals surface area contributed by atoms with Crippen LogP contribution in [0.1, 0.15) is 17.2 Å². The average molecular weight is 281 g/mol. The van der Waals surface area contributed by atoms with Crippen LogP contribution in [0.5, 0.6) is 0 Å². The van der Waals surface area contributed by atoms with Crippen LogP contribution in [-0.4, -0.2) is 30.3 Å². The van der Waals surface area contributed by atoms with Gasteiger partial charge >= 0.3 is 0 Å². The molecule has 3 rings (SSSR count). The Kier molecular flexibility index (Phi) is 3.70. The summed E-state index contributed by atoms with van der Waals surface area (Å²) in [7, 11) is 0. The Balaban J connectivity index is 1.77. The molecule has 0 saturated heterocycles. The first-order valence-corrected chi connectivity index (χ1v) is 6.66. The van der Waals surface area contributed by atoms with Gasteiger partial charge in [-0.1, -0.05) is 24.3 Å². The number of hydrogen-bond acceptors (Lipinski definition) is 5. The summed E-state index contributed by atoms with van der Waals surface area (Å²) in [5, 5.41) is 22.5. The van der Waals surface area contributed by atoms with Crippen molar-refractivity contribution in [2.45, 2.75) is 19.6 Å². The number of benzene rings is 1. The van der Waals surface area contributed by atoms with Crippen LogP contribution in [-0.2, 0) is 6.54 Å². The Morgan fingerprint density at radius 1 is 1.19 bits per heavy atom. The summed E-state index contributed by atoms with van der Waals surface area (Å²) in [4.78, 5) is 5.43. The number of aliphatic hydroxyl groups is 1. The second-order valence-corrected chi connectivity index (χ2v) is 4.78. The van der Waals surface area contributed by atoms with Gasteiger partial charge in [0, 0.05) is 18.0 Å². The molecule has 106 valence electrons. The van der Waals surface area contributed by atoms with Gasteiger partial charge in [0.1, 0.15) is 6.10 Å². The molecule has 0 fully saturated rings. The summed E-state index contributed by atoms with van der Waals surface area (Å²) in [6, 6.07) is 11.4. The van der Waals surface area contributed by atoms with E-state index < -0.39 is 6.10 Å². The minimum Gasteiger partial charge on any atom is -0.386 e. The molecule has 0 aliphatic carbocycles. The van der Waals surface area contributed by atoms with Crippen molar-refractivity contribution in [1.82, 2.24) is 25.2 Å². The van der Waals surface area contributed by atoms with Gasteiger partial charge < -0.3 is 5.11 Å². The molecule has 0 unspecified atom stereocenters. The second-order valence-electron chi connectivity index (χ2n) is 4.78. The Morgan fingerprint density at radius 3 is 2.81 bits per heavy atom. The van der Waals surface area contributed by atoms with Gasteiger partial charge in [-0.25, -0.2) is 0 Å². The fourth-order valence-electron chi connectivity index (χ4n) is 2.14. The lowest BCUT2D eigenvalue weighted by Crippen LogP contribution is -2.12. The molecule has 1 aromatic carbocycles. The van der Waals surface area contributed by atoms with E-state index in [0.717, 1.165) is 16.7 Å². The zero-order valence-corrected chi connectivity index (χ0v) is 11.6. The van der Waals surface area contributed by atoms with Gasteiger partial charge in [-0.15, -0.1) is 10.2 Å².